The molecular formula is C18H20ClN3OS. The summed E-state index contributed by atoms with van der Waals surface area (Å²) in [5.74, 6) is 0. The van der Waals surface area contributed by atoms with E-state index in [2.05, 4.69) is 16.4 Å². The highest BCUT2D eigenvalue weighted by Crippen LogP contribution is 2.31. The van der Waals surface area contributed by atoms with Crippen molar-refractivity contribution in [3.63, 3.8) is 0 Å². The largest absolute Gasteiger partial charge is 0.323 e. The molecule has 0 spiro atoms. The van der Waals surface area contributed by atoms with Crippen molar-refractivity contribution in [3.05, 3.63) is 52.8 Å². The second-order valence-electron chi connectivity index (χ2n) is 5.95. The van der Waals surface area contributed by atoms with Gasteiger partial charge in [0.05, 0.1) is 11.4 Å². The Morgan fingerprint density at radius 3 is 2.96 bits per heavy atom. The topological polar surface area (TPSA) is 45.2 Å². The molecule has 3 rings (SSSR count). The first-order valence-corrected chi connectivity index (χ1v) is 9.19. The number of anilines is 1. The number of nitrogens with one attached hydrogen (secondary N) is 1. The number of benzene rings is 1. The maximum Gasteiger partial charge on any atom is 0.321 e. The first kappa shape index (κ1) is 17.1. The van der Waals surface area contributed by atoms with Gasteiger partial charge in [-0.25, -0.2) is 4.79 Å². The van der Waals surface area contributed by atoms with Gasteiger partial charge in [-0.1, -0.05) is 17.7 Å². The number of likely N-dealkylation sites (tertiary alicyclic amines) is 1. The number of aromatic nitrogens is 1. The fourth-order valence-electron chi connectivity index (χ4n) is 2.81. The van der Waals surface area contributed by atoms with Crippen LogP contribution < -0.4 is 5.32 Å². The Hall–Kier alpha value is -1.72. The van der Waals surface area contributed by atoms with Gasteiger partial charge in [0.25, 0.3) is 0 Å². The van der Waals surface area contributed by atoms with Gasteiger partial charge in [-0.3, -0.25) is 4.98 Å². The number of amides is 2. The van der Waals surface area contributed by atoms with Crippen LogP contribution in [0.1, 0.15) is 17.7 Å². The van der Waals surface area contributed by atoms with Crippen LogP contribution in [0, 0.1) is 13.8 Å². The predicted molar refractivity (Wildman–Crippen MR) is 100 cm³/mol. The number of nitrogens with zero attached hydrogens (tertiary/aromatic N) is 2. The second kappa shape index (κ2) is 7.45. The van der Waals surface area contributed by atoms with Crippen LogP contribution in [0.2, 0.25) is 5.02 Å². The number of carbonyl (C=O) groups excluding carboxylic acids is 1. The molecule has 126 valence electrons. The van der Waals surface area contributed by atoms with Crippen molar-refractivity contribution < 1.29 is 4.79 Å². The Bertz CT molecular complexity index is 733. The van der Waals surface area contributed by atoms with Crippen molar-refractivity contribution in [2.75, 3.05) is 18.4 Å². The number of carbonyl (C=O) groups is 1. The number of urea groups is 1. The summed E-state index contributed by atoms with van der Waals surface area (Å²) in [5.41, 5.74) is 2.68. The molecule has 4 nitrogen and oxygen atoms in total. The molecule has 1 N–H and O–H groups in total. The Balaban J connectivity index is 1.60. The molecule has 2 amide bonds. The molecule has 1 fully saturated rings. The number of halogens is 1. The fourth-order valence-corrected chi connectivity index (χ4v) is 4.28. The minimum atomic E-state index is -0.0524. The Kier molecular flexibility index (Phi) is 5.31. The Morgan fingerprint density at radius 1 is 1.38 bits per heavy atom. The lowest BCUT2D eigenvalue weighted by molar-refractivity contribution is 0.222. The van der Waals surface area contributed by atoms with Gasteiger partial charge in [0.15, 0.2) is 0 Å². The number of hydrogen-bond acceptors (Lipinski definition) is 3. The van der Waals surface area contributed by atoms with E-state index in [-0.39, 0.29) is 6.03 Å². The lowest BCUT2D eigenvalue weighted by Gasteiger charge is -2.19. The highest BCUT2D eigenvalue weighted by Gasteiger charge is 2.27. The van der Waals surface area contributed by atoms with E-state index >= 15 is 0 Å². The molecule has 1 aromatic carbocycles. The lowest BCUT2D eigenvalue weighted by atomic mass is 10.2. The van der Waals surface area contributed by atoms with Crippen molar-refractivity contribution >= 4 is 35.1 Å². The highest BCUT2D eigenvalue weighted by atomic mass is 35.5. The van der Waals surface area contributed by atoms with Gasteiger partial charge < -0.3 is 10.2 Å². The molecule has 1 aromatic heterocycles. The second-order valence-corrected chi connectivity index (χ2v) is 7.76. The van der Waals surface area contributed by atoms with E-state index < -0.39 is 0 Å². The van der Waals surface area contributed by atoms with E-state index in [1.807, 2.05) is 43.0 Å². The average molecular weight is 362 g/mol. The molecule has 0 saturated carbocycles. The van der Waals surface area contributed by atoms with Gasteiger partial charge in [-0.05, 0) is 50.1 Å². The number of thioether (sulfide) groups is 1. The maximum atomic E-state index is 12.5. The molecular weight excluding hydrogens is 342 g/mol. The Morgan fingerprint density at radius 2 is 2.21 bits per heavy atom. The molecule has 1 atom stereocenters. The minimum absolute atomic E-state index is 0.0524. The van der Waals surface area contributed by atoms with E-state index in [9.17, 15) is 4.79 Å². The van der Waals surface area contributed by atoms with Crippen LogP contribution in [0.15, 0.2) is 41.4 Å². The molecule has 1 aliphatic rings. The first-order valence-electron chi connectivity index (χ1n) is 7.93. The first-order chi connectivity index (χ1) is 11.5. The summed E-state index contributed by atoms with van der Waals surface area (Å²) < 4.78 is 0. The molecule has 0 aliphatic carbocycles. The standard InChI is InChI=1S/C18H20ClN3OS/c1-12-6-8-20-13(2)17(12)21-18(23)22-9-7-16(11-22)24-15-5-3-4-14(19)10-15/h3-6,8,10,16H,7,9,11H2,1-2H3,(H,21,23). The van der Waals surface area contributed by atoms with Gasteiger partial charge in [0.2, 0.25) is 0 Å². The normalized spacial score (nSPS) is 17.1. The van der Waals surface area contributed by atoms with Crippen LogP contribution in [-0.2, 0) is 0 Å². The molecule has 1 unspecified atom stereocenters. The molecule has 1 aliphatic heterocycles. The van der Waals surface area contributed by atoms with Crippen LogP contribution >= 0.6 is 23.4 Å². The minimum Gasteiger partial charge on any atom is -0.323 e. The van der Waals surface area contributed by atoms with Crippen molar-refractivity contribution in [1.29, 1.82) is 0 Å². The quantitative estimate of drug-likeness (QED) is 0.857. The summed E-state index contributed by atoms with van der Waals surface area (Å²) in [6, 6.07) is 9.71. The van der Waals surface area contributed by atoms with E-state index in [0.717, 1.165) is 46.4 Å². The van der Waals surface area contributed by atoms with Crippen molar-refractivity contribution in [2.45, 2.75) is 30.4 Å². The van der Waals surface area contributed by atoms with Crippen molar-refractivity contribution in [3.8, 4) is 0 Å². The summed E-state index contributed by atoms with van der Waals surface area (Å²) in [6.45, 7) is 5.39. The van der Waals surface area contributed by atoms with Gasteiger partial charge in [-0.15, -0.1) is 11.8 Å². The van der Waals surface area contributed by atoms with Crippen LogP contribution in [0.5, 0.6) is 0 Å². The van der Waals surface area contributed by atoms with Gasteiger partial charge in [0, 0.05) is 34.5 Å². The van der Waals surface area contributed by atoms with Crippen molar-refractivity contribution in [1.82, 2.24) is 9.88 Å². The molecule has 0 bridgehead atoms. The SMILES string of the molecule is Cc1ccnc(C)c1NC(=O)N1CCC(Sc2cccc(Cl)c2)C1. The summed E-state index contributed by atoms with van der Waals surface area (Å²) in [6.07, 6.45) is 2.74. The van der Waals surface area contributed by atoms with Crippen LogP contribution in [0.4, 0.5) is 10.5 Å². The summed E-state index contributed by atoms with van der Waals surface area (Å²) >= 11 is 7.82. The van der Waals surface area contributed by atoms with Gasteiger partial charge in [-0.2, -0.15) is 0 Å². The molecule has 6 heteroatoms. The number of aryl methyl sites for hydroxylation is 2. The zero-order chi connectivity index (χ0) is 17.1. The van der Waals surface area contributed by atoms with Gasteiger partial charge >= 0.3 is 6.03 Å². The zero-order valence-corrected chi connectivity index (χ0v) is 15.3. The fraction of sp³-hybridized carbons (Fsp3) is 0.333. The molecule has 1 saturated heterocycles. The zero-order valence-electron chi connectivity index (χ0n) is 13.8. The molecule has 0 radical (unpaired) electrons. The summed E-state index contributed by atoms with van der Waals surface area (Å²) in [7, 11) is 0. The number of rotatable bonds is 3. The van der Waals surface area contributed by atoms with E-state index in [4.69, 9.17) is 11.6 Å². The van der Waals surface area contributed by atoms with Crippen LogP contribution in [0.25, 0.3) is 0 Å². The monoisotopic (exact) mass is 361 g/mol. The van der Waals surface area contributed by atoms with E-state index in [1.165, 1.54) is 0 Å². The number of pyridine rings is 1. The lowest BCUT2D eigenvalue weighted by Crippen LogP contribution is -2.33. The highest BCUT2D eigenvalue weighted by molar-refractivity contribution is 8.00. The average Bonchev–Trinajstić information content (AvgIpc) is 2.99. The Labute approximate surface area is 151 Å². The van der Waals surface area contributed by atoms with Crippen molar-refractivity contribution in [2.24, 2.45) is 0 Å². The third-order valence-corrected chi connectivity index (χ3v) is 5.59. The number of hydrogen-bond donors (Lipinski definition) is 1. The molecule has 2 heterocycles. The predicted octanol–water partition coefficient (Wildman–Crippen LogP) is 4.75. The molecule has 2 aromatic rings. The maximum absolute atomic E-state index is 12.5. The van der Waals surface area contributed by atoms with E-state index in [0.29, 0.717) is 5.25 Å². The molecule has 24 heavy (non-hydrogen) atoms. The van der Waals surface area contributed by atoms with E-state index in [1.54, 1.807) is 18.0 Å². The smallest absolute Gasteiger partial charge is 0.321 e. The summed E-state index contributed by atoms with van der Waals surface area (Å²) in [5, 5.41) is 4.15. The third kappa shape index (κ3) is 4.02. The third-order valence-electron chi connectivity index (χ3n) is 4.11. The van der Waals surface area contributed by atoms with Crippen LogP contribution in [-0.4, -0.2) is 34.3 Å². The van der Waals surface area contributed by atoms with Crippen LogP contribution in [0.3, 0.4) is 0 Å². The summed E-state index contributed by atoms with van der Waals surface area (Å²) in [4.78, 5) is 19.8. The van der Waals surface area contributed by atoms with Gasteiger partial charge in [0.1, 0.15) is 0 Å².